The largest absolute Gasteiger partial charge is 0.481 e. The first-order chi connectivity index (χ1) is 8.57. The topological polar surface area (TPSA) is 92.4 Å². The summed E-state index contributed by atoms with van der Waals surface area (Å²) in [5.74, 6) is -1.42. The number of carbonyl (C=O) groups is 2. The van der Waals surface area contributed by atoms with Crippen LogP contribution in [0.2, 0.25) is 0 Å². The van der Waals surface area contributed by atoms with Crippen molar-refractivity contribution in [2.24, 2.45) is 5.73 Å². The van der Waals surface area contributed by atoms with Crippen LogP contribution in [0.25, 0.3) is 0 Å². The van der Waals surface area contributed by atoms with Gasteiger partial charge in [-0.1, -0.05) is 45.4 Å². The normalized spacial score (nSPS) is 12.1. The molecule has 0 unspecified atom stereocenters. The lowest BCUT2D eigenvalue weighted by Gasteiger charge is -2.09. The molecule has 0 aromatic rings. The van der Waals surface area contributed by atoms with Crippen molar-refractivity contribution in [1.29, 1.82) is 0 Å². The lowest BCUT2D eigenvalue weighted by molar-refractivity contribution is -0.139. The summed E-state index contributed by atoms with van der Waals surface area (Å²) in [6.07, 6.45) is 7.97. The van der Waals surface area contributed by atoms with E-state index in [9.17, 15) is 9.59 Å². The number of amides is 1. The van der Waals surface area contributed by atoms with E-state index >= 15 is 0 Å². The summed E-state index contributed by atoms with van der Waals surface area (Å²) >= 11 is 0. The summed E-state index contributed by atoms with van der Waals surface area (Å²) in [4.78, 5) is 21.7. The van der Waals surface area contributed by atoms with Crippen LogP contribution >= 0.6 is 0 Å². The molecule has 5 nitrogen and oxygen atoms in total. The van der Waals surface area contributed by atoms with E-state index in [0.29, 0.717) is 6.54 Å². The fourth-order valence-electron chi connectivity index (χ4n) is 1.71. The zero-order valence-corrected chi connectivity index (χ0v) is 11.3. The van der Waals surface area contributed by atoms with Crippen LogP contribution in [0.1, 0.15) is 58.3 Å². The van der Waals surface area contributed by atoms with E-state index in [-0.39, 0.29) is 12.3 Å². The highest BCUT2D eigenvalue weighted by atomic mass is 16.4. The molecule has 18 heavy (non-hydrogen) atoms. The van der Waals surface area contributed by atoms with Crippen molar-refractivity contribution in [2.75, 3.05) is 6.54 Å². The molecule has 0 rings (SSSR count). The lowest BCUT2D eigenvalue weighted by Crippen LogP contribution is -2.42. The molecule has 0 radical (unpaired) electrons. The maximum atomic E-state index is 11.4. The number of nitrogens with one attached hydrogen (secondary N) is 1. The van der Waals surface area contributed by atoms with Crippen LogP contribution in [0.3, 0.4) is 0 Å². The fraction of sp³-hybridized carbons (Fsp3) is 0.846. The van der Waals surface area contributed by atoms with E-state index in [1.165, 1.54) is 32.1 Å². The first-order valence-electron chi connectivity index (χ1n) is 6.83. The van der Waals surface area contributed by atoms with E-state index in [4.69, 9.17) is 10.8 Å². The summed E-state index contributed by atoms with van der Waals surface area (Å²) in [5, 5.41) is 11.1. The van der Waals surface area contributed by atoms with E-state index < -0.39 is 12.0 Å². The van der Waals surface area contributed by atoms with Crippen molar-refractivity contribution in [3.8, 4) is 0 Å². The molecule has 4 N–H and O–H groups in total. The fourth-order valence-corrected chi connectivity index (χ4v) is 1.71. The van der Waals surface area contributed by atoms with Crippen LogP contribution in [-0.4, -0.2) is 29.6 Å². The molecule has 0 saturated heterocycles. The standard InChI is InChI=1S/C13H26N2O3/c1-2-3-4-5-6-7-8-9-15-13(18)11(14)10-12(16)17/h11H,2-10,14H2,1H3,(H,15,18)(H,16,17)/t11-/m0/s1. The Labute approximate surface area is 109 Å². The van der Waals surface area contributed by atoms with Gasteiger partial charge in [0, 0.05) is 6.54 Å². The highest BCUT2D eigenvalue weighted by Gasteiger charge is 2.15. The number of carbonyl (C=O) groups excluding carboxylic acids is 1. The van der Waals surface area contributed by atoms with E-state index in [2.05, 4.69) is 12.2 Å². The first-order valence-corrected chi connectivity index (χ1v) is 6.83. The highest BCUT2D eigenvalue weighted by molar-refractivity contribution is 5.85. The molecular weight excluding hydrogens is 232 g/mol. The number of hydrogen-bond donors (Lipinski definition) is 3. The Morgan fingerprint density at radius 2 is 1.67 bits per heavy atom. The molecule has 0 fully saturated rings. The number of carboxylic acids is 1. The molecule has 106 valence electrons. The third-order valence-electron chi connectivity index (χ3n) is 2.81. The summed E-state index contributed by atoms with van der Waals surface area (Å²) in [6, 6.07) is -0.938. The molecule has 0 spiro atoms. The van der Waals surface area contributed by atoms with Gasteiger partial charge in [-0.15, -0.1) is 0 Å². The van der Waals surface area contributed by atoms with Crippen LogP contribution in [-0.2, 0) is 9.59 Å². The maximum Gasteiger partial charge on any atom is 0.305 e. The lowest BCUT2D eigenvalue weighted by atomic mass is 10.1. The second-order valence-electron chi connectivity index (χ2n) is 4.62. The van der Waals surface area contributed by atoms with Crippen LogP contribution in [0.5, 0.6) is 0 Å². The molecule has 0 aliphatic heterocycles. The summed E-state index contributed by atoms with van der Waals surface area (Å²) in [5.41, 5.74) is 5.42. The van der Waals surface area contributed by atoms with E-state index in [1.54, 1.807) is 0 Å². The van der Waals surface area contributed by atoms with Crippen LogP contribution < -0.4 is 11.1 Å². The summed E-state index contributed by atoms with van der Waals surface area (Å²) in [6.45, 7) is 2.77. The van der Waals surface area contributed by atoms with Gasteiger partial charge in [0.05, 0.1) is 12.5 Å². The number of rotatable bonds is 11. The van der Waals surface area contributed by atoms with E-state index in [0.717, 1.165) is 12.8 Å². The van der Waals surface area contributed by atoms with Gasteiger partial charge in [0.1, 0.15) is 0 Å². The van der Waals surface area contributed by atoms with Gasteiger partial charge in [-0.3, -0.25) is 9.59 Å². The van der Waals surface area contributed by atoms with Gasteiger partial charge in [0.25, 0.3) is 0 Å². The van der Waals surface area contributed by atoms with Crippen LogP contribution in [0.15, 0.2) is 0 Å². The molecule has 5 heteroatoms. The Bertz CT molecular complexity index is 244. The molecule has 0 bridgehead atoms. The van der Waals surface area contributed by atoms with Crippen molar-refractivity contribution < 1.29 is 14.7 Å². The minimum Gasteiger partial charge on any atom is -0.481 e. The van der Waals surface area contributed by atoms with Crippen molar-refractivity contribution in [2.45, 2.75) is 64.3 Å². The third kappa shape index (κ3) is 10.1. The monoisotopic (exact) mass is 258 g/mol. The minimum atomic E-state index is -1.05. The first kappa shape index (κ1) is 16.9. The summed E-state index contributed by atoms with van der Waals surface area (Å²) in [7, 11) is 0. The van der Waals surface area contributed by atoms with Gasteiger partial charge >= 0.3 is 5.97 Å². The Morgan fingerprint density at radius 1 is 1.11 bits per heavy atom. The Hall–Kier alpha value is -1.10. The van der Waals surface area contributed by atoms with Gasteiger partial charge in [0.15, 0.2) is 0 Å². The van der Waals surface area contributed by atoms with Crippen molar-refractivity contribution in [3.05, 3.63) is 0 Å². The number of nitrogens with two attached hydrogens (primary N) is 1. The molecule has 0 aliphatic rings. The van der Waals surface area contributed by atoms with Gasteiger partial charge < -0.3 is 16.2 Å². The van der Waals surface area contributed by atoms with Crippen LogP contribution in [0, 0.1) is 0 Å². The second kappa shape index (κ2) is 11.0. The Morgan fingerprint density at radius 3 is 2.22 bits per heavy atom. The predicted octanol–water partition coefficient (Wildman–Crippen LogP) is 1.66. The molecule has 0 aromatic heterocycles. The third-order valence-corrected chi connectivity index (χ3v) is 2.81. The quantitative estimate of drug-likeness (QED) is 0.491. The minimum absolute atomic E-state index is 0.317. The zero-order chi connectivity index (χ0) is 13.8. The predicted molar refractivity (Wildman–Crippen MR) is 71.2 cm³/mol. The van der Waals surface area contributed by atoms with Gasteiger partial charge in [-0.05, 0) is 6.42 Å². The number of aliphatic carboxylic acids is 1. The van der Waals surface area contributed by atoms with Gasteiger partial charge in [0.2, 0.25) is 5.91 Å². The molecule has 0 aliphatic carbocycles. The summed E-state index contributed by atoms with van der Waals surface area (Å²) < 4.78 is 0. The van der Waals surface area contributed by atoms with Crippen molar-refractivity contribution >= 4 is 11.9 Å². The smallest absolute Gasteiger partial charge is 0.305 e. The molecule has 0 heterocycles. The maximum absolute atomic E-state index is 11.4. The number of unbranched alkanes of at least 4 members (excludes halogenated alkanes) is 6. The van der Waals surface area contributed by atoms with Gasteiger partial charge in [-0.2, -0.15) is 0 Å². The molecule has 0 saturated carbocycles. The number of carboxylic acid groups (broad SMARTS) is 1. The Kier molecular flexibility index (Phi) is 10.3. The van der Waals surface area contributed by atoms with Gasteiger partial charge in [-0.25, -0.2) is 0 Å². The zero-order valence-electron chi connectivity index (χ0n) is 11.3. The molecule has 0 aromatic carbocycles. The van der Waals surface area contributed by atoms with Crippen molar-refractivity contribution in [1.82, 2.24) is 5.32 Å². The SMILES string of the molecule is CCCCCCCCCNC(=O)[C@@H](N)CC(=O)O. The van der Waals surface area contributed by atoms with Crippen molar-refractivity contribution in [3.63, 3.8) is 0 Å². The van der Waals surface area contributed by atoms with Crippen LogP contribution in [0.4, 0.5) is 0 Å². The average molecular weight is 258 g/mol. The number of hydrogen-bond acceptors (Lipinski definition) is 3. The molecular formula is C13H26N2O3. The Balaban J connectivity index is 3.37. The highest BCUT2D eigenvalue weighted by Crippen LogP contribution is 2.06. The average Bonchev–Trinajstić information content (AvgIpc) is 2.31. The molecule has 1 atom stereocenters. The van der Waals surface area contributed by atoms with E-state index in [1.807, 2.05) is 0 Å². The molecule has 1 amide bonds. The second-order valence-corrected chi connectivity index (χ2v) is 4.62.